The molecule has 1 N–H and O–H groups in total. The van der Waals surface area contributed by atoms with Gasteiger partial charge in [0.1, 0.15) is 10.3 Å². The number of carbonyl (C=O) groups is 1. The third-order valence-electron chi connectivity index (χ3n) is 2.91. The van der Waals surface area contributed by atoms with Crippen molar-refractivity contribution in [2.45, 2.75) is 18.9 Å². The molecule has 0 bridgehead atoms. The summed E-state index contributed by atoms with van der Waals surface area (Å²) >= 11 is 3.23. The van der Waals surface area contributed by atoms with Crippen LogP contribution in [-0.2, 0) is 0 Å². The standard InChI is InChI=1S/C12H15BrN2O2/c1-15(7-10(16)8-5-6-8)12(17)9-3-2-4-11(13)14-9/h2-4,8,10,16H,5-7H2,1H3. The molecule has 1 heterocycles. The summed E-state index contributed by atoms with van der Waals surface area (Å²) in [6, 6.07) is 5.22. The van der Waals surface area contributed by atoms with Crippen molar-refractivity contribution in [3.8, 4) is 0 Å². The summed E-state index contributed by atoms with van der Waals surface area (Å²) in [7, 11) is 1.69. The Kier molecular flexibility index (Phi) is 3.79. The Labute approximate surface area is 109 Å². The van der Waals surface area contributed by atoms with Crippen LogP contribution in [0.3, 0.4) is 0 Å². The van der Waals surface area contributed by atoms with E-state index in [9.17, 15) is 9.90 Å². The number of aliphatic hydroxyl groups excluding tert-OH is 1. The number of hydrogen-bond donors (Lipinski definition) is 1. The van der Waals surface area contributed by atoms with Gasteiger partial charge in [0.15, 0.2) is 0 Å². The van der Waals surface area contributed by atoms with Gasteiger partial charge in [-0.3, -0.25) is 4.79 Å². The second kappa shape index (κ2) is 5.14. The predicted molar refractivity (Wildman–Crippen MR) is 67.6 cm³/mol. The summed E-state index contributed by atoms with van der Waals surface area (Å²) in [5.74, 6) is 0.215. The molecule has 1 atom stereocenters. The van der Waals surface area contributed by atoms with E-state index in [4.69, 9.17) is 0 Å². The lowest BCUT2D eigenvalue weighted by molar-refractivity contribution is 0.0640. The quantitative estimate of drug-likeness (QED) is 0.861. The molecule has 1 aromatic rings. The summed E-state index contributed by atoms with van der Waals surface area (Å²) in [5.41, 5.74) is 0.393. The molecular weight excluding hydrogens is 284 g/mol. The van der Waals surface area contributed by atoms with Crippen LogP contribution in [-0.4, -0.2) is 40.6 Å². The van der Waals surface area contributed by atoms with Gasteiger partial charge in [0, 0.05) is 13.6 Å². The van der Waals surface area contributed by atoms with Crippen LogP contribution in [0, 0.1) is 5.92 Å². The van der Waals surface area contributed by atoms with Crippen molar-refractivity contribution in [2.24, 2.45) is 5.92 Å². The number of halogens is 1. The number of amides is 1. The molecule has 1 aliphatic carbocycles. The van der Waals surface area contributed by atoms with Crippen LogP contribution < -0.4 is 0 Å². The molecule has 1 aliphatic rings. The summed E-state index contributed by atoms with van der Waals surface area (Å²) in [6.45, 7) is 0.373. The van der Waals surface area contributed by atoms with E-state index in [1.807, 2.05) is 0 Å². The summed E-state index contributed by atoms with van der Waals surface area (Å²) in [6.07, 6.45) is 1.73. The molecule has 2 rings (SSSR count). The monoisotopic (exact) mass is 298 g/mol. The van der Waals surface area contributed by atoms with Gasteiger partial charge < -0.3 is 10.0 Å². The minimum absolute atomic E-state index is 0.161. The molecule has 0 aromatic carbocycles. The topological polar surface area (TPSA) is 53.4 Å². The fourth-order valence-electron chi connectivity index (χ4n) is 1.72. The minimum Gasteiger partial charge on any atom is -0.391 e. The second-order valence-electron chi connectivity index (χ2n) is 4.44. The maximum absolute atomic E-state index is 12.0. The molecule has 1 aromatic heterocycles. The highest BCUT2D eigenvalue weighted by atomic mass is 79.9. The highest BCUT2D eigenvalue weighted by molar-refractivity contribution is 9.10. The molecule has 92 valence electrons. The molecular formula is C12H15BrN2O2. The van der Waals surface area contributed by atoms with Crippen molar-refractivity contribution in [1.29, 1.82) is 0 Å². The number of nitrogens with zero attached hydrogens (tertiary/aromatic N) is 2. The number of likely N-dealkylation sites (N-methyl/N-ethyl adjacent to an activating group) is 1. The van der Waals surface area contributed by atoms with Gasteiger partial charge >= 0.3 is 0 Å². The third-order valence-corrected chi connectivity index (χ3v) is 3.35. The van der Waals surface area contributed by atoms with Gasteiger partial charge in [-0.25, -0.2) is 4.98 Å². The third kappa shape index (κ3) is 3.26. The maximum atomic E-state index is 12.0. The predicted octanol–water partition coefficient (Wildman–Crippen LogP) is 1.69. The highest BCUT2D eigenvalue weighted by Crippen LogP contribution is 2.32. The van der Waals surface area contributed by atoms with Gasteiger partial charge in [-0.1, -0.05) is 6.07 Å². The molecule has 1 fully saturated rings. The van der Waals surface area contributed by atoms with Crippen molar-refractivity contribution in [3.05, 3.63) is 28.5 Å². The number of rotatable bonds is 4. The zero-order valence-corrected chi connectivity index (χ0v) is 11.2. The van der Waals surface area contributed by atoms with Crippen molar-refractivity contribution in [2.75, 3.05) is 13.6 Å². The first-order valence-corrected chi connectivity index (χ1v) is 6.43. The number of carbonyl (C=O) groups excluding carboxylic acids is 1. The number of pyridine rings is 1. The van der Waals surface area contributed by atoms with E-state index < -0.39 is 6.10 Å². The van der Waals surface area contributed by atoms with Gasteiger partial charge in [0.05, 0.1) is 6.10 Å². The van der Waals surface area contributed by atoms with E-state index in [0.29, 0.717) is 22.8 Å². The maximum Gasteiger partial charge on any atom is 0.272 e. The van der Waals surface area contributed by atoms with E-state index in [1.54, 1.807) is 25.2 Å². The lowest BCUT2D eigenvalue weighted by atomic mass is 10.2. The van der Waals surface area contributed by atoms with E-state index >= 15 is 0 Å². The van der Waals surface area contributed by atoms with E-state index in [0.717, 1.165) is 12.8 Å². The number of aliphatic hydroxyl groups is 1. The zero-order chi connectivity index (χ0) is 12.4. The van der Waals surface area contributed by atoms with Crippen LogP contribution in [0.4, 0.5) is 0 Å². The zero-order valence-electron chi connectivity index (χ0n) is 9.64. The van der Waals surface area contributed by atoms with Crippen molar-refractivity contribution in [3.63, 3.8) is 0 Å². The first-order chi connectivity index (χ1) is 8.08. The largest absolute Gasteiger partial charge is 0.391 e. The summed E-state index contributed by atoms with van der Waals surface area (Å²) in [5, 5.41) is 9.79. The van der Waals surface area contributed by atoms with Gasteiger partial charge in [-0.2, -0.15) is 0 Å². The average Bonchev–Trinajstić information content (AvgIpc) is 3.11. The smallest absolute Gasteiger partial charge is 0.272 e. The lowest BCUT2D eigenvalue weighted by Crippen LogP contribution is -2.35. The Hall–Kier alpha value is -0.940. The Balaban J connectivity index is 1.98. The van der Waals surface area contributed by atoms with Crippen LogP contribution in [0.1, 0.15) is 23.3 Å². The first-order valence-electron chi connectivity index (χ1n) is 5.64. The normalized spacial score (nSPS) is 16.6. The molecule has 0 radical (unpaired) electrons. The molecule has 1 amide bonds. The molecule has 5 heteroatoms. The van der Waals surface area contributed by atoms with Gasteiger partial charge in [0.25, 0.3) is 5.91 Å². The highest BCUT2D eigenvalue weighted by Gasteiger charge is 2.31. The van der Waals surface area contributed by atoms with Gasteiger partial charge in [0.2, 0.25) is 0 Å². The fraction of sp³-hybridized carbons (Fsp3) is 0.500. The van der Waals surface area contributed by atoms with Crippen molar-refractivity contribution < 1.29 is 9.90 Å². The summed E-state index contributed by atoms with van der Waals surface area (Å²) < 4.78 is 0.638. The molecule has 0 spiro atoms. The average molecular weight is 299 g/mol. The molecule has 0 aliphatic heterocycles. The molecule has 1 unspecified atom stereocenters. The molecule has 17 heavy (non-hydrogen) atoms. The fourth-order valence-corrected chi connectivity index (χ4v) is 2.06. The van der Waals surface area contributed by atoms with E-state index in [-0.39, 0.29) is 5.91 Å². The summed E-state index contributed by atoms with van der Waals surface area (Å²) in [4.78, 5) is 17.6. The Morgan fingerprint density at radius 2 is 2.35 bits per heavy atom. The van der Waals surface area contributed by atoms with E-state index in [2.05, 4.69) is 20.9 Å². The second-order valence-corrected chi connectivity index (χ2v) is 5.25. The molecule has 0 saturated heterocycles. The van der Waals surface area contributed by atoms with Crippen LogP contribution >= 0.6 is 15.9 Å². The minimum atomic E-state index is -0.406. The van der Waals surface area contributed by atoms with Crippen LogP contribution in [0.2, 0.25) is 0 Å². The van der Waals surface area contributed by atoms with E-state index in [1.165, 1.54) is 4.90 Å². The first kappa shape index (κ1) is 12.5. The number of hydrogen-bond acceptors (Lipinski definition) is 3. The molecule has 4 nitrogen and oxygen atoms in total. The SMILES string of the molecule is CN(CC(O)C1CC1)C(=O)c1cccc(Br)n1. The van der Waals surface area contributed by atoms with Crippen molar-refractivity contribution >= 4 is 21.8 Å². The van der Waals surface area contributed by atoms with Crippen LogP contribution in [0.5, 0.6) is 0 Å². The van der Waals surface area contributed by atoms with Gasteiger partial charge in [-0.05, 0) is 46.8 Å². The number of aromatic nitrogens is 1. The van der Waals surface area contributed by atoms with Crippen molar-refractivity contribution in [1.82, 2.24) is 9.88 Å². The Morgan fingerprint density at radius 3 is 2.94 bits per heavy atom. The molecule has 1 saturated carbocycles. The Morgan fingerprint density at radius 1 is 1.65 bits per heavy atom. The Bertz CT molecular complexity index is 421. The lowest BCUT2D eigenvalue weighted by Gasteiger charge is -2.20. The van der Waals surface area contributed by atoms with Crippen LogP contribution in [0.25, 0.3) is 0 Å². The van der Waals surface area contributed by atoms with Crippen LogP contribution in [0.15, 0.2) is 22.8 Å². The van der Waals surface area contributed by atoms with Gasteiger partial charge in [-0.15, -0.1) is 0 Å².